The van der Waals surface area contributed by atoms with E-state index >= 15 is 0 Å². The number of nitriles is 1. The van der Waals surface area contributed by atoms with Gasteiger partial charge in [-0.05, 0) is 56.2 Å². The van der Waals surface area contributed by atoms with Crippen molar-refractivity contribution >= 4 is 11.6 Å². The number of carbonyl (C=O) groups is 1. The van der Waals surface area contributed by atoms with Gasteiger partial charge in [0.15, 0.2) is 0 Å². The molecule has 1 unspecified atom stereocenters. The second-order valence-corrected chi connectivity index (χ2v) is 10.1. The molecule has 3 atom stereocenters. The number of aliphatic hydroxyl groups is 1. The van der Waals surface area contributed by atoms with Crippen molar-refractivity contribution in [2.24, 2.45) is 0 Å². The van der Waals surface area contributed by atoms with Crippen LogP contribution >= 0.6 is 0 Å². The molecule has 0 aromatic heterocycles. The van der Waals surface area contributed by atoms with Crippen LogP contribution in [0.4, 0.5) is 5.69 Å². The predicted octanol–water partition coefficient (Wildman–Crippen LogP) is 4.83. The zero-order chi connectivity index (χ0) is 25.3. The number of hydrogen-bond acceptors (Lipinski definition) is 5. The van der Waals surface area contributed by atoms with E-state index in [4.69, 9.17) is 4.74 Å². The number of hydrogen-bond donors (Lipinski definition) is 1. The molecule has 0 saturated carbocycles. The third kappa shape index (κ3) is 4.55. The molecule has 1 N–H and O–H groups in total. The topological polar surface area (TPSA) is 76.8 Å². The molecule has 0 spiro atoms. The number of fused-ring (bicyclic) bond motifs is 1. The van der Waals surface area contributed by atoms with E-state index in [1.54, 1.807) is 6.07 Å². The number of anilines is 1. The van der Waals surface area contributed by atoms with E-state index in [1.165, 1.54) is 0 Å². The van der Waals surface area contributed by atoms with Crippen molar-refractivity contribution < 1.29 is 14.6 Å². The molecule has 0 bridgehead atoms. The summed E-state index contributed by atoms with van der Waals surface area (Å²) in [6.45, 7) is 4.88. The molecular formula is C30H31N3O3. The van der Waals surface area contributed by atoms with Gasteiger partial charge in [0.2, 0.25) is 5.91 Å². The molecule has 1 fully saturated rings. The van der Waals surface area contributed by atoms with Crippen LogP contribution < -0.4 is 9.64 Å². The first kappa shape index (κ1) is 23.9. The third-order valence-electron chi connectivity index (χ3n) is 7.32. The Bertz CT molecular complexity index is 1270. The Hall–Kier alpha value is -3.82. The van der Waals surface area contributed by atoms with E-state index < -0.39 is 17.7 Å². The second kappa shape index (κ2) is 9.67. The summed E-state index contributed by atoms with van der Waals surface area (Å²) in [5, 5.41) is 21.2. The summed E-state index contributed by atoms with van der Waals surface area (Å²) in [5.41, 5.74) is 2.51. The second-order valence-electron chi connectivity index (χ2n) is 10.1. The van der Waals surface area contributed by atoms with Crippen molar-refractivity contribution in [2.45, 2.75) is 57.0 Å². The van der Waals surface area contributed by atoms with Crippen molar-refractivity contribution in [3.8, 4) is 11.8 Å². The standard InChI is InChI=1S/C30H31N3O3/c1-30(2)29(35)28(25-17-22(18-31)13-15-26(25)36-30)33(23-11-7-4-8-12-23)20-24-14-16-27(34)32(24)19-21-9-5-3-6-10-21/h3-13,15,17,24,28-29,35H,14,16,19-20H2,1-2H3/t24?,28-,29+/m0/s1. The summed E-state index contributed by atoms with van der Waals surface area (Å²) in [6, 6.07) is 27.2. The summed E-state index contributed by atoms with van der Waals surface area (Å²) < 4.78 is 6.18. The Labute approximate surface area is 212 Å². The van der Waals surface area contributed by atoms with E-state index in [2.05, 4.69) is 11.0 Å². The first-order valence-electron chi connectivity index (χ1n) is 12.4. The lowest BCUT2D eigenvalue weighted by atomic mass is 9.84. The summed E-state index contributed by atoms with van der Waals surface area (Å²) in [4.78, 5) is 17.1. The Morgan fingerprint density at radius 1 is 1.08 bits per heavy atom. The molecule has 184 valence electrons. The number of ether oxygens (including phenoxy) is 1. The highest BCUT2D eigenvalue weighted by molar-refractivity contribution is 5.79. The summed E-state index contributed by atoms with van der Waals surface area (Å²) in [6.07, 6.45) is 0.402. The van der Waals surface area contributed by atoms with Crippen LogP contribution in [-0.2, 0) is 11.3 Å². The van der Waals surface area contributed by atoms with Gasteiger partial charge < -0.3 is 19.6 Å². The van der Waals surface area contributed by atoms with Crippen molar-refractivity contribution in [2.75, 3.05) is 11.4 Å². The fraction of sp³-hybridized carbons (Fsp3) is 0.333. The van der Waals surface area contributed by atoms with Gasteiger partial charge >= 0.3 is 0 Å². The Balaban J connectivity index is 1.55. The van der Waals surface area contributed by atoms with Crippen LogP contribution in [0.1, 0.15) is 49.4 Å². The van der Waals surface area contributed by atoms with Crippen LogP contribution in [0.3, 0.4) is 0 Å². The van der Waals surface area contributed by atoms with Gasteiger partial charge in [0.25, 0.3) is 0 Å². The molecule has 1 amide bonds. The maximum absolute atomic E-state index is 12.9. The van der Waals surface area contributed by atoms with Gasteiger partial charge in [0.1, 0.15) is 17.5 Å². The van der Waals surface area contributed by atoms with Crippen LogP contribution in [0.15, 0.2) is 78.9 Å². The first-order valence-corrected chi connectivity index (χ1v) is 12.4. The van der Waals surface area contributed by atoms with Gasteiger partial charge in [-0.1, -0.05) is 48.5 Å². The molecule has 3 aromatic carbocycles. The molecule has 5 rings (SSSR count). The fourth-order valence-electron chi connectivity index (χ4n) is 5.38. The number of nitrogens with zero attached hydrogens (tertiary/aromatic N) is 3. The average Bonchev–Trinajstić information content (AvgIpc) is 3.23. The number of carbonyl (C=O) groups excluding carboxylic acids is 1. The quantitative estimate of drug-likeness (QED) is 0.546. The molecule has 1 saturated heterocycles. The van der Waals surface area contributed by atoms with Crippen molar-refractivity contribution in [3.05, 3.63) is 95.6 Å². The van der Waals surface area contributed by atoms with Crippen LogP contribution in [-0.4, -0.2) is 40.2 Å². The minimum absolute atomic E-state index is 0.0151. The highest BCUT2D eigenvalue weighted by Crippen LogP contribution is 2.45. The van der Waals surface area contributed by atoms with Gasteiger partial charge in [-0.3, -0.25) is 4.79 Å². The number of para-hydroxylation sites is 1. The minimum atomic E-state index is -0.862. The molecule has 2 aliphatic heterocycles. The molecule has 0 aliphatic carbocycles. The SMILES string of the molecule is CC1(C)Oc2ccc(C#N)cc2[C@H](N(CC2CCC(=O)N2Cc2ccccc2)c2ccccc2)[C@H]1O. The monoisotopic (exact) mass is 481 g/mol. The molecule has 2 aliphatic rings. The maximum atomic E-state index is 12.9. The van der Waals surface area contributed by atoms with Gasteiger partial charge in [-0.25, -0.2) is 0 Å². The normalized spacial score (nSPS) is 22.4. The summed E-state index contributed by atoms with van der Waals surface area (Å²) in [5.74, 6) is 0.816. The molecule has 0 radical (unpaired) electrons. The molecule has 6 heteroatoms. The van der Waals surface area contributed by atoms with Crippen LogP contribution in [0.2, 0.25) is 0 Å². The number of rotatable bonds is 6. The third-order valence-corrected chi connectivity index (χ3v) is 7.32. The zero-order valence-electron chi connectivity index (χ0n) is 20.7. The lowest BCUT2D eigenvalue weighted by Crippen LogP contribution is -2.55. The molecule has 36 heavy (non-hydrogen) atoms. The summed E-state index contributed by atoms with van der Waals surface area (Å²) in [7, 11) is 0. The number of amides is 1. The number of likely N-dealkylation sites (tertiary alicyclic amines) is 1. The van der Waals surface area contributed by atoms with Gasteiger partial charge in [-0.2, -0.15) is 5.26 Å². The first-order chi connectivity index (χ1) is 17.4. The van der Waals surface area contributed by atoms with Crippen LogP contribution in [0.5, 0.6) is 5.75 Å². The Kier molecular flexibility index (Phi) is 6.42. The molecule has 6 nitrogen and oxygen atoms in total. The molecular weight excluding hydrogens is 450 g/mol. The van der Waals surface area contributed by atoms with E-state index in [0.717, 1.165) is 23.2 Å². The predicted molar refractivity (Wildman–Crippen MR) is 138 cm³/mol. The summed E-state index contributed by atoms with van der Waals surface area (Å²) >= 11 is 0. The van der Waals surface area contributed by atoms with Crippen molar-refractivity contribution in [1.29, 1.82) is 5.26 Å². The van der Waals surface area contributed by atoms with Crippen LogP contribution in [0.25, 0.3) is 0 Å². The largest absolute Gasteiger partial charge is 0.485 e. The van der Waals surface area contributed by atoms with Crippen LogP contribution in [0, 0.1) is 11.3 Å². The molecule has 2 heterocycles. The smallest absolute Gasteiger partial charge is 0.223 e. The van der Waals surface area contributed by atoms with Crippen molar-refractivity contribution in [1.82, 2.24) is 4.90 Å². The van der Waals surface area contributed by atoms with Crippen molar-refractivity contribution in [3.63, 3.8) is 0 Å². The number of benzene rings is 3. The highest BCUT2D eigenvalue weighted by Gasteiger charge is 2.47. The lowest BCUT2D eigenvalue weighted by molar-refractivity contribution is -0.129. The number of aliphatic hydroxyl groups excluding tert-OH is 1. The Morgan fingerprint density at radius 3 is 2.47 bits per heavy atom. The minimum Gasteiger partial charge on any atom is -0.485 e. The van der Waals surface area contributed by atoms with E-state index in [0.29, 0.717) is 30.8 Å². The highest BCUT2D eigenvalue weighted by atomic mass is 16.5. The fourth-order valence-corrected chi connectivity index (χ4v) is 5.38. The lowest BCUT2D eigenvalue weighted by Gasteiger charge is -2.48. The van der Waals surface area contributed by atoms with E-state index in [9.17, 15) is 15.2 Å². The van der Waals surface area contributed by atoms with Gasteiger partial charge in [0, 0.05) is 30.8 Å². The van der Waals surface area contributed by atoms with E-state index in [1.807, 2.05) is 91.5 Å². The van der Waals surface area contributed by atoms with Gasteiger partial charge in [0.05, 0.1) is 23.7 Å². The average molecular weight is 482 g/mol. The van der Waals surface area contributed by atoms with E-state index in [-0.39, 0.29) is 11.9 Å². The Morgan fingerprint density at radius 2 is 1.78 bits per heavy atom. The zero-order valence-corrected chi connectivity index (χ0v) is 20.7. The molecule has 3 aromatic rings. The maximum Gasteiger partial charge on any atom is 0.223 e. The van der Waals surface area contributed by atoms with Gasteiger partial charge in [-0.15, -0.1) is 0 Å².